The number of ether oxygens (including phenoxy) is 1. The molecule has 0 aliphatic rings. The van der Waals surface area contributed by atoms with Crippen LogP contribution in [-0.4, -0.2) is 22.0 Å². The van der Waals surface area contributed by atoms with Gasteiger partial charge in [-0.05, 0) is 23.6 Å². The number of benzene rings is 1. The highest BCUT2D eigenvalue weighted by atomic mass is 28.2. The summed E-state index contributed by atoms with van der Waals surface area (Å²) in [6.07, 6.45) is 0.569. The van der Waals surface area contributed by atoms with Gasteiger partial charge in [0.1, 0.15) is 0 Å². The molecule has 1 atom stereocenters. The van der Waals surface area contributed by atoms with E-state index in [9.17, 15) is 4.79 Å². The largest absolute Gasteiger partial charge is 0.434 e. The van der Waals surface area contributed by atoms with Crippen LogP contribution in [-0.2, 0) is 14.0 Å². The topological polar surface area (TPSA) is 35.5 Å². The van der Waals surface area contributed by atoms with Gasteiger partial charge in [-0.15, -0.1) is 0 Å². The van der Waals surface area contributed by atoms with E-state index in [0.29, 0.717) is 5.92 Å². The molecule has 1 rings (SSSR count). The highest BCUT2D eigenvalue weighted by molar-refractivity contribution is 6.47. The van der Waals surface area contributed by atoms with E-state index < -0.39 is 12.3 Å². The SMILES string of the molecule is C=CC(=O)OC(C)O[Si]c1ccccc1C(C)C. The molecular weight excluding hydrogens is 244 g/mol. The molecule has 4 heteroatoms. The molecule has 0 aromatic heterocycles. The number of hydrogen-bond acceptors (Lipinski definition) is 3. The highest BCUT2D eigenvalue weighted by Gasteiger charge is 2.11. The van der Waals surface area contributed by atoms with E-state index in [0.717, 1.165) is 11.3 Å². The standard InChI is InChI=1S/C14H18O3Si/c1-5-14(15)16-11(4)17-18-13-9-7-6-8-12(13)10(2)3/h5-11H,1H2,2-4H3. The fourth-order valence-corrected chi connectivity index (χ4v) is 2.47. The van der Waals surface area contributed by atoms with Crippen LogP contribution < -0.4 is 5.19 Å². The van der Waals surface area contributed by atoms with Gasteiger partial charge in [-0.1, -0.05) is 44.7 Å². The number of carbonyl (C=O) groups is 1. The molecule has 0 heterocycles. The highest BCUT2D eigenvalue weighted by Crippen LogP contribution is 2.10. The second-order valence-corrected chi connectivity index (χ2v) is 5.15. The smallest absolute Gasteiger partial charge is 0.332 e. The van der Waals surface area contributed by atoms with Crippen LogP contribution in [0, 0.1) is 0 Å². The fraction of sp³-hybridized carbons (Fsp3) is 0.357. The molecule has 2 radical (unpaired) electrons. The van der Waals surface area contributed by atoms with Crippen LogP contribution >= 0.6 is 0 Å². The molecule has 1 aromatic carbocycles. The van der Waals surface area contributed by atoms with Crippen LogP contribution in [0.15, 0.2) is 36.9 Å². The molecule has 0 N–H and O–H groups in total. The second-order valence-electron chi connectivity index (χ2n) is 4.17. The van der Waals surface area contributed by atoms with Crippen molar-refractivity contribution in [1.82, 2.24) is 0 Å². The first kappa shape index (κ1) is 14.7. The third kappa shape index (κ3) is 4.47. The number of esters is 1. The Bertz CT molecular complexity index is 415. The van der Waals surface area contributed by atoms with Crippen LogP contribution in [0.4, 0.5) is 0 Å². The lowest BCUT2D eigenvalue weighted by molar-refractivity contribution is -0.154. The molecule has 0 saturated heterocycles. The van der Waals surface area contributed by atoms with Crippen molar-refractivity contribution in [1.29, 1.82) is 0 Å². The monoisotopic (exact) mass is 262 g/mol. The van der Waals surface area contributed by atoms with Crippen LogP contribution in [0.3, 0.4) is 0 Å². The summed E-state index contributed by atoms with van der Waals surface area (Å²) < 4.78 is 10.5. The minimum atomic E-state index is -0.561. The Hall–Kier alpha value is -1.39. The minimum Gasteiger partial charge on any atom is -0.434 e. The van der Waals surface area contributed by atoms with E-state index >= 15 is 0 Å². The van der Waals surface area contributed by atoms with Crippen molar-refractivity contribution >= 4 is 20.9 Å². The lowest BCUT2D eigenvalue weighted by atomic mass is 10.0. The number of carbonyl (C=O) groups excluding carboxylic acids is 1. The predicted octanol–water partition coefficient (Wildman–Crippen LogP) is 2.15. The third-order valence-corrected chi connectivity index (χ3v) is 3.49. The molecule has 0 aliphatic carbocycles. The zero-order valence-corrected chi connectivity index (χ0v) is 12.0. The minimum absolute atomic E-state index is 0.166. The van der Waals surface area contributed by atoms with Crippen LogP contribution in [0.5, 0.6) is 0 Å². The summed E-state index contributed by atoms with van der Waals surface area (Å²) in [4.78, 5) is 11.0. The summed E-state index contributed by atoms with van der Waals surface area (Å²) in [5, 5.41) is 1.15. The summed E-state index contributed by atoms with van der Waals surface area (Å²) in [6, 6.07) is 8.13. The Balaban J connectivity index is 2.58. The van der Waals surface area contributed by atoms with E-state index in [-0.39, 0.29) is 9.76 Å². The Morgan fingerprint density at radius 2 is 2.00 bits per heavy atom. The van der Waals surface area contributed by atoms with E-state index in [1.807, 2.05) is 18.2 Å². The van der Waals surface area contributed by atoms with E-state index in [2.05, 4.69) is 26.5 Å². The van der Waals surface area contributed by atoms with Gasteiger partial charge in [0.15, 0.2) is 6.29 Å². The Labute approximate surface area is 111 Å². The maximum Gasteiger partial charge on any atom is 0.332 e. The Kier molecular flexibility index (Phi) is 5.81. The van der Waals surface area contributed by atoms with Crippen molar-refractivity contribution in [3.05, 3.63) is 42.5 Å². The van der Waals surface area contributed by atoms with Crippen molar-refractivity contribution in [3.8, 4) is 0 Å². The Morgan fingerprint density at radius 1 is 1.33 bits per heavy atom. The first-order valence-electron chi connectivity index (χ1n) is 5.88. The first-order chi connectivity index (χ1) is 8.54. The molecule has 96 valence electrons. The van der Waals surface area contributed by atoms with Gasteiger partial charge in [-0.3, -0.25) is 0 Å². The lowest BCUT2D eigenvalue weighted by Gasteiger charge is -2.15. The zero-order valence-electron chi connectivity index (χ0n) is 11.0. The van der Waals surface area contributed by atoms with Crippen LogP contribution in [0.2, 0.25) is 0 Å². The maximum absolute atomic E-state index is 11.0. The van der Waals surface area contributed by atoms with Gasteiger partial charge in [0.05, 0.1) is 0 Å². The van der Waals surface area contributed by atoms with Crippen molar-refractivity contribution in [2.24, 2.45) is 0 Å². The maximum atomic E-state index is 11.0. The third-order valence-electron chi connectivity index (χ3n) is 2.37. The molecule has 0 bridgehead atoms. The summed E-state index contributed by atoms with van der Waals surface area (Å²) >= 11 is 0. The van der Waals surface area contributed by atoms with Gasteiger partial charge in [-0.2, -0.15) is 0 Å². The number of hydrogen-bond donors (Lipinski definition) is 0. The van der Waals surface area contributed by atoms with Gasteiger partial charge in [0.2, 0.25) is 0 Å². The summed E-state index contributed by atoms with van der Waals surface area (Å²) in [6.45, 7) is 9.33. The summed E-state index contributed by atoms with van der Waals surface area (Å²) in [5.41, 5.74) is 1.26. The molecule has 0 amide bonds. The quantitative estimate of drug-likeness (QED) is 0.341. The molecule has 0 saturated carbocycles. The molecule has 0 spiro atoms. The summed E-state index contributed by atoms with van der Waals surface area (Å²) in [7, 11) is 0.166. The van der Waals surface area contributed by atoms with Crippen molar-refractivity contribution in [2.75, 3.05) is 0 Å². The molecular formula is C14H18O3Si. The van der Waals surface area contributed by atoms with Gasteiger partial charge in [0, 0.05) is 6.08 Å². The zero-order chi connectivity index (χ0) is 13.5. The van der Waals surface area contributed by atoms with Crippen molar-refractivity contribution < 1.29 is 14.0 Å². The van der Waals surface area contributed by atoms with E-state index in [1.54, 1.807) is 6.92 Å². The number of rotatable bonds is 6. The van der Waals surface area contributed by atoms with Gasteiger partial charge in [0.25, 0.3) is 9.76 Å². The lowest BCUT2D eigenvalue weighted by Crippen LogP contribution is -2.28. The van der Waals surface area contributed by atoms with E-state index in [4.69, 9.17) is 9.16 Å². The van der Waals surface area contributed by atoms with Crippen molar-refractivity contribution in [3.63, 3.8) is 0 Å². The average molecular weight is 262 g/mol. The fourth-order valence-electron chi connectivity index (χ4n) is 1.48. The normalized spacial score (nSPS) is 12.2. The van der Waals surface area contributed by atoms with Gasteiger partial charge >= 0.3 is 5.97 Å². The molecule has 0 aliphatic heterocycles. The Morgan fingerprint density at radius 3 is 2.61 bits per heavy atom. The van der Waals surface area contributed by atoms with Crippen LogP contribution in [0.25, 0.3) is 0 Å². The average Bonchev–Trinajstić information content (AvgIpc) is 2.36. The van der Waals surface area contributed by atoms with Crippen molar-refractivity contribution in [2.45, 2.75) is 33.0 Å². The molecule has 0 fully saturated rings. The van der Waals surface area contributed by atoms with Crippen LogP contribution in [0.1, 0.15) is 32.3 Å². The van der Waals surface area contributed by atoms with Gasteiger partial charge in [-0.25, -0.2) is 4.79 Å². The summed E-state index contributed by atoms with van der Waals surface area (Å²) in [5.74, 6) is -0.0206. The van der Waals surface area contributed by atoms with E-state index in [1.165, 1.54) is 5.56 Å². The molecule has 18 heavy (non-hydrogen) atoms. The molecule has 1 unspecified atom stereocenters. The predicted molar refractivity (Wildman–Crippen MR) is 72.8 cm³/mol. The van der Waals surface area contributed by atoms with Gasteiger partial charge < -0.3 is 9.16 Å². The molecule has 3 nitrogen and oxygen atoms in total. The second kappa shape index (κ2) is 7.13. The first-order valence-corrected chi connectivity index (χ1v) is 6.79. The molecule has 1 aromatic rings.